The number of rotatable bonds is 6. The number of benzene rings is 2. The van der Waals surface area contributed by atoms with Gasteiger partial charge in [0.1, 0.15) is 5.75 Å². The molecule has 2 aromatic rings. The van der Waals surface area contributed by atoms with Crippen molar-refractivity contribution in [3.63, 3.8) is 0 Å². The van der Waals surface area contributed by atoms with E-state index < -0.39 is 6.10 Å². The fourth-order valence-corrected chi connectivity index (χ4v) is 2.02. The quantitative estimate of drug-likeness (QED) is 0.658. The summed E-state index contributed by atoms with van der Waals surface area (Å²) in [7, 11) is 3.07. The van der Waals surface area contributed by atoms with Crippen LogP contribution in [0.4, 0.5) is 0 Å². The van der Waals surface area contributed by atoms with E-state index in [4.69, 9.17) is 9.47 Å². The molecule has 0 aliphatic heterocycles. The van der Waals surface area contributed by atoms with Crippen molar-refractivity contribution in [1.82, 2.24) is 5.43 Å². The minimum atomic E-state index is -0.698. The van der Waals surface area contributed by atoms with Gasteiger partial charge in [0.2, 0.25) is 0 Å². The van der Waals surface area contributed by atoms with Gasteiger partial charge in [-0.1, -0.05) is 42.5 Å². The van der Waals surface area contributed by atoms with Gasteiger partial charge in [-0.3, -0.25) is 4.79 Å². The highest BCUT2D eigenvalue weighted by atomic mass is 16.5. The van der Waals surface area contributed by atoms with Gasteiger partial charge in [0, 0.05) is 12.7 Å². The number of hydrogen-bond acceptors (Lipinski definition) is 4. The molecule has 0 saturated heterocycles. The fraction of sp³-hybridized carbons (Fsp3) is 0.176. The van der Waals surface area contributed by atoms with Crippen LogP contribution in [0, 0.1) is 0 Å². The van der Waals surface area contributed by atoms with E-state index in [1.165, 1.54) is 13.3 Å². The Morgan fingerprint density at radius 2 is 1.77 bits per heavy atom. The number of nitrogens with one attached hydrogen (secondary N) is 1. The lowest BCUT2D eigenvalue weighted by molar-refractivity contribution is -0.131. The first-order valence-electron chi connectivity index (χ1n) is 6.80. The number of carbonyl (C=O) groups is 1. The third-order valence-corrected chi connectivity index (χ3v) is 3.09. The largest absolute Gasteiger partial charge is 0.496 e. The number of carbonyl (C=O) groups excluding carboxylic acids is 1. The van der Waals surface area contributed by atoms with Crippen molar-refractivity contribution < 1.29 is 14.3 Å². The molecule has 1 atom stereocenters. The zero-order valence-electron chi connectivity index (χ0n) is 12.5. The van der Waals surface area contributed by atoms with Crippen molar-refractivity contribution in [2.24, 2.45) is 5.10 Å². The van der Waals surface area contributed by atoms with Crippen molar-refractivity contribution in [3.05, 3.63) is 65.7 Å². The summed E-state index contributed by atoms with van der Waals surface area (Å²) in [5, 5.41) is 3.96. The number of nitrogens with zero attached hydrogens (tertiary/aromatic N) is 1. The van der Waals surface area contributed by atoms with Gasteiger partial charge in [0.25, 0.3) is 5.91 Å². The molecular weight excluding hydrogens is 280 g/mol. The Kier molecular flexibility index (Phi) is 5.68. The van der Waals surface area contributed by atoms with E-state index in [1.54, 1.807) is 7.11 Å². The van der Waals surface area contributed by atoms with Gasteiger partial charge in [-0.15, -0.1) is 0 Å². The molecule has 0 bridgehead atoms. The monoisotopic (exact) mass is 298 g/mol. The van der Waals surface area contributed by atoms with Crippen molar-refractivity contribution >= 4 is 12.1 Å². The van der Waals surface area contributed by atoms with Gasteiger partial charge in [0.05, 0.1) is 13.3 Å². The van der Waals surface area contributed by atoms with Crippen molar-refractivity contribution in [1.29, 1.82) is 0 Å². The summed E-state index contributed by atoms with van der Waals surface area (Å²) in [5.41, 5.74) is 4.03. The molecule has 1 N–H and O–H groups in total. The Morgan fingerprint density at radius 1 is 1.09 bits per heavy atom. The van der Waals surface area contributed by atoms with Crippen LogP contribution >= 0.6 is 0 Å². The zero-order chi connectivity index (χ0) is 15.8. The second-order valence-electron chi connectivity index (χ2n) is 4.50. The second kappa shape index (κ2) is 7.95. The SMILES string of the molecule is COc1ccccc1/C=N/NC(=O)C(OC)c1ccccc1. The van der Waals surface area contributed by atoms with Crippen molar-refractivity contribution in [2.45, 2.75) is 6.10 Å². The van der Waals surface area contributed by atoms with E-state index in [1.807, 2.05) is 54.6 Å². The molecule has 114 valence electrons. The van der Waals surface area contributed by atoms with Crippen LogP contribution in [0.15, 0.2) is 59.7 Å². The van der Waals surface area contributed by atoms with Gasteiger partial charge in [0.15, 0.2) is 6.10 Å². The van der Waals surface area contributed by atoms with E-state index in [-0.39, 0.29) is 5.91 Å². The summed E-state index contributed by atoms with van der Waals surface area (Å²) >= 11 is 0. The number of para-hydroxylation sites is 1. The van der Waals surface area contributed by atoms with E-state index >= 15 is 0 Å². The number of hydrogen-bond donors (Lipinski definition) is 1. The van der Waals surface area contributed by atoms with Crippen LogP contribution in [-0.4, -0.2) is 26.3 Å². The normalized spacial score (nSPS) is 12.1. The number of hydrazone groups is 1. The average Bonchev–Trinajstić information content (AvgIpc) is 2.57. The fourth-order valence-electron chi connectivity index (χ4n) is 2.02. The summed E-state index contributed by atoms with van der Waals surface area (Å²) in [6.45, 7) is 0. The van der Waals surface area contributed by atoms with E-state index in [0.29, 0.717) is 5.75 Å². The number of methoxy groups -OCH3 is 2. The second-order valence-corrected chi connectivity index (χ2v) is 4.50. The van der Waals surface area contributed by atoms with Gasteiger partial charge >= 0.3 is 0 Å². The number of amides is 1. The molecule has 5 heteroatoms. The molecular formula is C17H18N2O3. The van der Waals surface area contributed by atoms with Crippen LogP contribution in [0.25, 0.3) is 0 Å². The Balaban J connectivity index is 2.04. The zero-order valence-corrected chi connectivity index (χ0v) is 12.5. The van der Waals surface area contributed by atoms with Crippen LogP contribution in [0.1, 0.15) is 17.2 Å². The predicted octanol–water partition coefficient (Wildman–Crippen LogP) is 2.53. The lowest BCUT2D eigenvalue weighted by atomic mass is 10.1. The highest BCUT2D eigenvalue weighted by Crippen LogP contribution is 2.16. The molecule has 1 amide bonds. The highest BCUT2D eigenvalue weighted by molar-refractivity contribution is 5.86. The molecule has 2 aromatic carbocycles. The third kappa shape index (κ3) is 3.93. The summed E-state index contributed by atoms with van der Waals surface area (Å²) in [5.74, 6) is 0.353. The molecule has 0 saturated carbocycles. The lowest BCUT2D eigenvalue weighted by Crippen LogP contribution is -2.26. The topological polar surface area (TPSA) is 59.9 Å². The molecule has 0 radical (unpaired) electrons. The van der Waals surface area contributed by atoms with Crippen LogP contribution in [0.2, 0.25) is 0 Å². The van der Waals surface area contributed by atoms with Crippen LogP contribution in [0.5, 0.6) is 5.75 Å². The summed E-state index contributed by atoms with van der Waals surface area (Å²) in [4.78, 5) is 12.1. The Bertz CT molecular complexity index is 641. The van der Waals surface area contributed by atoms with Gasteiger partial charge in [-0.05, 0) is 17.7 Å². The van der Waals surface area contributed by atoms with Crippen LogP contribution in [0.3, 0.4) is 0 Å². The molecule has 22 heavy (non-hydrogen) atoms. The van der Waals surface area contributed by atoms with Gasteiger partial charge in [-0.2, -0.15) is 5.10 Å². The maximum Gasteiger partial charge on any atom is 0.273 e. The maximum absolute atomic E-state index is 12.1. The first-order valence-corrected chi connectivity index (χ1v) is 6.80. The van der Waals surface area contributed by atoms with E-state index in [9.17, 15) is 4.79 Å². The van der Waals surface area contributed by atoms with Gasteiger partial charge < -0.3 is 9.47 Å². The van der Waals surface area contributed by atoms with Crippen molar-refractivity contribution in [3.8, 4) is 5.75 Å². The smallest absolute Gasteiger partial charge is 0.273 e. The Morgan fingerprint density at radius 3 is 2.45 bits per heavy atom. The molecule has 0 spiro atoms. The lowest BCUT2D eigenvalue weighted by Gasteiger charge is -2.13. The van der Waals surface area contributed by atoms with Crippen LogP contribution < -0.4 is 10.2 Å². The summed E-state index contributed by atoms with van der Waals surface area (Å²) < 4.78 is 10.4. The predicted molar refractivity (Wildman–Crippen MR) is 84.9 cm³/mol. The minimum Gasteiger partial charge on any atom is -0.496 e. The van der Waals surface area contributed by atoms with E-state index in [2.05, 4.69) is 10.5 Å². The van der Waals surface area contributed by atoms with E-state index in [0.717, 1.165) is 11.1 Å². The molecule has 0 fully saturated rings. The standard InChI is InChI=1S/C17H18N2O3/c1-21-15-11-7-6-10-14(15)12-18-19-17(20)16(22-2)13-8-4-3-5-9-13/h3-12,16H,1-2H3,(H,19,20)/b18-12+. The average molecular weight is 298 g/mol. The Labute approximate surface area is 129 Å². The van der Waals surface area contributed by atoms with Crippen LogP contribution in [-0.2, 0) is 9.53 Å². The minimum absolute atomic E-state index is 0.333. The molecule has 0 aromatic heterocycles. The molecule has 0 aliphatic carbocycles. The van der Waals surface area contributed by atoms with Crippen molar-refractivity contribution in [2.75, 3.05) is 14.2 Å². The molecule has 2 rings (SSSR count). The summed E-state index contributed by atoms with van der Waals surface area (Å²) in [6.07, 6.45) is 0.838. The maximum atomic E-state index is 12.1. The highest BCUT2D eigenvalue weighted by Gasteiger charge is 2.19. The molecule has 1 unspecified atom stereocenters. The Hall–Kier alpha value is -2.66. The first-order chi connectivity index (χ1) is 10.8. The molecule has 0 aliphatic rings. The summed E-state index contributed by atoms with van der Waals surface area (Å²) in [6, 6.07) is 16.7. The molecule has 0 heterocycles. The molecule has 5 nitrogen and oxygen atoms in total. The number of ether oxygens (including phenoxy) is 2. The van der Waals surface area contributed by atoms with Gasteiger partial charge in [-0.25, -0.2) is 5.43 Å². The third-order valence-electron chi connectivity index (χ3n) is 3.09. The first kappa shape index (κ1) is 15.7.